The third-order valence-corrected chi connectivity index (χ3v) is 4.07. The van der Waals surface area contributed by atoms with Crippen molar-refractivity contribution in [3.8, 4) is 0 Å². The van der Waals surface area contributed by atoms with Gasteiger partial charge in [0.1, 0.15) is 5.82 Å². The summed E-state index contributed by atoms with van der Waals surface area (Å²) < 4.78 is 13.2. The molecule has 2 rings (SSSR count). The number of hydrogen-bond acceptors (Lipinski definition) is 3. The molecule has 0 bridgehead atoms. The maximum Gasteiger partial charge on any atom is 0.238 e. The highest BCUT2D eigenvalue weighted by atomic mass is 19.1. The molecule has 1 aromatic rings. The third-order valence-electron chi connectivity index (χ3n) is 4.07. The summed E-state index contributed by atoms with van der Waals surface area (Å²) in [6.45, 7) is 3.78. The Kier molecular flexibility index (Phi) is 5.70. The standard InChI is InChI=1S/C16H24FN3O/c1-12-5-6-13(17)10-15(12)19-16(21)11-20-9-3-2-4-14(20)7-8-18/h5-6,10,14H,2-4,7-9,11,18H2,1H3,(H,19,21). The van der Waals surface area contributed by atoms with Gasteiger partial charge in [0.25, 0.3) is 0 Å². The molecule has 3 N–H and O–H groups in total. The summed E-state index contributed by atoms with van der Waals surface area (Å²) in [5.41, 5.74) is 7.05. The minimum absolute atomic E-state index is 0.0902. The normalized spacial score (nSPS) is 19.5. The van der Waals surface area contributed by atoms with E-state index in [4.69, 9.17) is 5.73 Å². The van der Waals surface area contributed by atoms with E-state index >= 15 is 0 Å². The number of nitrogens with one attached hydrogen (secondary N) is 1. The average molecular weight is 293 g/mol. The van der Waals surface area contributed by atoms with E-state index < -0.39 is 0 Å². The van der Waals surface area contributed by atoms with Crippen molar-refractivity contribution in [1.82, 2.24) is 4.90 Å². The molecule has 5 heteroatoms. The van der Waals surface area contributed by atoms with Gasteiger partial charge in [0, 0.05) is 11.7 Å². The summed E-state index contributed by atoms with van der Waals surface area (Å²) in [6.07, 6.45) is 4.34. The summed E-state index contributed by atoms with van der Waals surface area (Å²) in [5.74, 6) is -0.428. The number of hydrogen-bond donors (Lipinski definition) is 2. The van der Waals surface area contributed by atoms with Crippen molar-refractivity contribution in [1.29, 1.82) is 0 Å². The molecule has 1 amide bonds. The number of benzene rings is 1. The first-order valence-corrected chi connectivity index (χ1v) is 7.60. The van der Waals surface area contributed by atoms with Gasteiger partial charge in [-0.2, -0.15) is 0 Å². The van der Waals surface area contributed by atoms with Crippen molar-refractivity contribution in [3.05, 3.63) is 29.6 Å². The largest absolute Gasteiger partial charge is 0.330 e. The Bertz CT molecular complexity index is 490. The molecule has 0 spiro atoms. The van der Waals surface area contributed by atoms with E-state index in [2.05, 4.69) is 10.2 Å². The molecule has 1 aliphatic rings. The summed E-state index contributed by atoms with van der Waals surface area (Å²) in [6, 6.07) is 4.82. The predicted molar refractivity (Wildman–Crippen MR) is 82.7 cm³/mol. The lowest BCUT2D eigenvalue weighted by atomic mass is 9.99. The summed E-state index contributed by atoms with van der Waals surface area (Å²) in [7, 11) is 0. The van der Waals surface area contributed by atoms with Crippen LogP contribution >= 0.6 is 0 Å². The van der Waals surface area contributed by atoms with Crippen LogP contribution in [0.3, 0.4) is 0 Å². The molecule has 1 fully saturated rings. The van der Waals surface area contributed by atoms with Crippen LogP contribution in [0.2, 0.25) is 0 Å². The molecule has 1 unspecified atom stereocenters. The average Bonchev–Trinajstić information content (AvgIpc) is 2.45. The van der Waals surface area contributed by atoms with Gasteiger partial charge in [-0.25, -0.2) is 4.39 Å². The third kappa shape index (κ3) is 4.51. The fourth-order valence-electron chi connectivity index (χ4n) is 2.89. The molecule has 0 saturated carbocycles. The van der Waals surface area contributed by atoms with Crippen LogP contribution in [0.4, 0.5) is 10.1 Å². The lowest BCUT2D eigenvalue weighted by Crippen LogP contribution is -2.44. The van der Waals surface area contributed by atoms with Crippen LogP contribution in [0.5, 0.6) is 0 Å². The summed E-state index contributed by atoms with van der Waals surface area (Å²) in [5, 5.41) is 2.81. The van der Waals surface area contributed by atoms with E-state index in [0.717, 1.165) is 31.4 Å². The van der Waals surface area contributed by atoms with Gasteiger partial charge in [0.2, 0.25) is 5.91 Å². The number of carbonyl (C=O) groups excluding carboxylic acids is 1. The van der Waals surface area contributed by atoms with Gasteiger partial charge in [0.15, 0.2) is 0 Å². The second-order valence-corrected chi connectivity index (χ2v) is 5.70. The van der Waals surface area contributed by atoms with Crippen molar-refractivity contribution in [2.24, 2.45) is 5.73 Å². The molecular formula is C16H24FN3O. The molecule has 0 radical (unpaired) electrons. The van der Waals surface area contributed by atoms with E-state index in [-0.39, 0.29) is 11.7 Å². The number of carbonyl (C=O) groups is 1. The number of likely N-dealkylation sites (tertiary alicyclic amines) is 1. The number of nitrogens with zero attached hydrogens (tertiary/aromatic N) is 1. The van der Waals surface area contributed by atoms with Crippen LogP contribution in [0.15, 0.2) is 18.2 Å². The first-order chi connectivity index (χ1) is 10.1. The molecule has 1 heterocycles. The molecule has 1 aromatic carbocycles. The molecule has 1 aliphatic heterocycles. The zero-order valence-corrected chi connectivity index (χ0v) is 12.6. The summed E-state index contributed by atoms with van der Waals surface area (Å²) >= 11 is 0. The highest BCUT2D eigenvalue weighted by molar-refractivity contribution is 5.93. The van der Waals surface area contributed by atoms with Crippen molar-refractivity contribution >= 4 is 11.6 Å². The Labute approximate surface area is 125 Å². The fourth-order valence-corrected chi connectivity index (χ4v) is 2.89. The maximum atomic E-state index is 13.2. The smallest absolute Gasteiger partial charge is 0.238 e. The van der Waals surface area contributed by atoms with Crippen molar-refractivity contribution in [2.75, 3.05) is 25.0 Å². The Balaban J connectivity index is 1.95. The van der Waals surface area contributed by atoms with Crippen LogP contribution in [-0.4, -0.2) is 36.5 Å². The predicted octanol–water partition coefficient (Wildman–Crippen LogP) is 2.28. The second-order valence-electron chi connectivity index (χ2n) is 5.70. The highest BCUT2D eigenvalue weighted by Crippen LogP contribution is 2.20. The second kappa shape index (κ2) is 7.52. The van der Waals surface area contributed by atoms with Crippen molar-refractivity contribution < 1.29 is 9.18 Å². The van der Waals surface area contributed by atoms with Gasteiger partial charge in [0.05, 0.1) is 6.54 Å². The van der Waals surface area contributed by atoms with Gasteiger partial charge in [-0.05, 0) is 57.0 Å². The van der Waals surface area contributed by atoms with Crippen LogP contribution < -0.4 is 11.1 Å². The minimum Gasteiger partial charge on any atom is -0.330 e. The van der Waals surface area contributed by atoms with Gasteiger partial charge >= 0.3 is 0 Å². The Morgan fingerprint density at radius 1 is 1.48 bits per heavy atom. The molecular weight excluding hydrogens is 269 g/mol. The number of halogens is 1. The van der Waals surface area contributed by atoms with E-state index in [9.17, 15) is 9.18 Å². The molecule has 116 valence electrons. The SMILES string of the molecule is Cc1ccc(F)cc1NC(=O)CN1CCCCC1CCN. The lowest BCUT2D eigenvalue weighted by Gasteiger charge is -2.35. The number of aryl methyl sites for hydroxylation is 1. The first kappa shape index (κ1) is 15.9. The van der Waals surface area contributed by atoms with E-state index in [0.29, 0.717) is 24.8 Å². The lowest BCUT2D eigenvalue weighted by molar-refractivity contribution is -0.118. The number of rotatable bonds is 5. The van der Waals surface area contributed by atoms with Gasteiger partial charge in [-0.15, -0.1) is 0 Å². The zero-order valence-electron chi connectivity index (χ0n) is 12.6. The van der Waals surface area contributed by atoms with E-state index in [1.807, 2.05) is 6.92 Å². The highest BCUT2D eigenvalue weighted by Gasteiger charge is 2.23. The van der Waals surface area contributed by atoms with Crippen LogP contribution in [0.25, 0.3) is 0 Å². The molecule has 4 nitrogen and oxygen atoms in total. The Hall–Kier alpha value is -1.46. The van der Waals surface area contributed by atoms with Gasteiger partial charge < -0.3 is 11.1 Å². The fraction of sp³-hybridized carbons (Fsp3) is 0.562. The Morgan fingerprint density at radius 3 is 3.05 bits per heavy atom. The Morgan fingerprint density at radius 2 is 2.29 bits per heavy atom. The number of amides is 1. The van der Waals surface area contributed by atoms with Crippen LogP contribution in [0, 0.1) is 12.7 Å². The molecule has 21 heavy (non-hydrogen) atoms. The number of nitrogens with two attached hydrogens (primary N) is 1. The minimum atomic E-state index is -0.338. The number of anilines is 1. The van der Waals surface area contributed by atoms with Crippen LogP contribution in [0.1, 0.15) is 31.2 Å². The maximum absolute atomic E-state index is 13.2. The van der Waals surface area contributed by atoms with E-state index in [1.54, 1.807) is 6.07 Å². The monoisotopic (exact) mass is 293 g/mol. The molecule has 1 saturated heterocycles. The van der Waals surface area contributed by atoms with Crippen LogP contribution in [-0.2, 0) is 4.79 Å². The zero-order chi connectivity index (χ0) is 15.2. The van der Waals surface area contributed by atoms with Gasteiger partial charge in [-0.3, -0.25) is 9.69 Å². The van der Waals surface area contributed by atoms with E-state index in [1.165, 1.54) is 18.6 Å². The van der Waals surface area contributed by atoms with Gasteiger partial charge in [-0.1, -0.05) is 12.5 Å². The molecule has 0 aliphatic carbocycles. The topological polar surface area (TPSA) is 58.4 Å². The molecule has 1 atom stereocenters. The van der Waals surface area contributed by atoms with Crippen molar-refractivity contribution in [2.45, 2.75) is 38.6 Å². The summed E-state index contributed by atoms with van der Waals surface area (Å²) in [4.78, 5) is 14.4. The quantitative estimate of drug-likeness (QED) is 0.875. The van der Waals surface area contributed by atoms with Crippen molar-refractivity contribution in [3.63, 3.8) is 0 Å². The first-order valence-electron chi connectivity index (χ1n) is 7.60. The number of piperidine rings is 1. The molecule has 0 aromatic heterocycles.